The largest absolute Gasteiger partial charge is 0.685 e. The summed E-state index contributed by atoms with van der Waals surface area (Å²) in [5.74, 6) is 0.142. The van der Waals surface area contributed by atoms with Gasteiger partial charge < -0.3 is 10.4 Å². The molecule has 0 aliphatic heterocycles. The number of likely N-dealkylation sites (N-methyl/N-ethyl adjacent to an activating group) is 1. The van der Waals surface area contributed by atoms with Crippen LogP contribution in [0.2, 0.25) is 0 Å². The Bertz CT molecular complexity index is 194. The van der Waals surface area contributed by atoms with Crippen LogP contribution < -0.4 is 0 Å². The minimum Gasteiger partial charge on any atom is -0.685 e. The molecule has 0 aliphatic carbocycles. The van der Waals surface area contributed by atoms with Gasteiger partial charge in [0.15, 0.2) is 0 Å². The molecule has 2 atom stereocenters. The summed E-state index contributed by atoms with van der Waals surface area (Å²) >= 11 is 0. The molecule has 0 fully saturated rings. The third-order valence-electron chi connectivity index (χ3n) is 2.33. The summed E-state index contributed by atoms with van der Waals surface area (Å²) in [5.41, 5.74) is 2.02. The molecule has 0 saturated heterocycles. The zero-order valence-corrected chi connectivity index (χ0v) is 9.04. The van der Waals surface area contributed by atoms with Gasteiger partial charge in [-0.15, -0.1) is 18.8 Å². The van der Waals surface area contributed by atoms with E-state index in [1.165, 1.54) is 0 Å². The van der Waals surface area contributed by atoms with E-state index >= 15 is 0 Å². The highest BCUT2D eigenvalue weighted by atomic mass is 16.3. The monoisotopic (exact) mass is 182 g/mol. The highest BCUT2D eigenvalue weighted by molar-refractivity contribution is 5.34. The number of hydrogen-bond acceptors (Lipinski definition) is 1. The predicted molar refractivity (Wildman–Crippen MR) is 57.6 cm³/mol. The fraction of sp³-hybridized carbons (Fsp3) is 0.636. The van der Waals surface area contributed by atoms with E-state index in [1.807, 2.05) is 20.8 Å². The van der Waals surface area contributed by atoms with Crippen molar-refractivity contribution in [3.8, 4) is 0 Å². The summed E-state index contributed by atoms with van der Waals surface area (Å²) < 4.78 is 0. The lowest BCUT2D eigenvalue weighted by Crippen LogP contribution is -2.15. The third-order valence-corrected chi connectivity index (χ3v) is 2.33. The van der Waals surface area contributed by atoms with Gasteiger partial charge in [0.25, 0.3) is 0 Å². The maximum absolute atomic E-state index is 9.39. The normalized spacial score (nSPS) is 17.3. The topological polar surface area (TPSA) is 34.3 Å². The van der Waals surface area contributed by atoms with Gasteiger partial charge in [-0.2, -0.15) is 0 Å². The molecule has 0 aliphatic rings. The molecule has 0 aromatic carbocycles. The van der Waals surface area contributed by atoms with Gasteiger partial charge in [-0.3, -0.25) is 0 Å². The number of aliphatic hydroxyl groups excluding tert-OH is 1. The van der Waals surface area contributed by atoms with Crippen molar-refractivity contribution in [2.24, 2.45) is 5.92 Å². The van der Waals surface area contributed by atoms with Gasteiger partial charge in [-0.25, -0.2) is 0 Å². The van der Waals surface area contributed by atoms with E-state index in [2.05, 4.69) is 11.9 Å². The minimum atomic E-state index is -0.331. The lowest BCUT2D eigenvalue weighted by atomic mass is 9.95. The van der Waals surface area contributed by atoms with Crippen molar-refractivity contribution < 1.29 is 5.11 Å². The first kappa shape index (κ1) is 12.2. The second-order valence-electron chi connectivity index (χ2n) is 3.28. The van der Waals surface area contributed by atoms with Gasteiger partial charge in [0, 0.05) is 5.92 Å². The first-order chi connectivity index (χ1) is 6.04. The Morgan fingerprint density at radius 3 is 2.38 bits per heavy atom. The molecule has 0 aromatic rings. The van der Waals surface area contributed by atoms with Crippen LogP contribution in [0.3, 0.4) is 0 Å². The van der Waals surface area contributed by atoms with Crippen LogP contribution in [0.15, 0.2) is 23.9 Å². The first-order valence-corrected chi connectivity index (χ1v) is 4.73. The van der Waals surface area contributed by atoms with Crippen LogP contribution in [0.4, 0.5) is 0 Å². The molecule has 2 unspecified atom stereocenters. The fourth-order valence-electron chi connectivity index (χ4n) is 1.12. The molecule has 0 aromatic heterocycles. The maximum Gasteiger partial charge on any atom is 0.0574 e. The summed E-state index contributed by atoms with van der Waals surface area (Å²) in [5, 5.41) is 13.7. The number of aliphatic hydroxyl groups is 1. The summed E-state index contributed by atoms with van der Waals surface area (Å²) in [4.78, 5) is 0. The maximum atomic E-state index is 9.39. The zero-order chi connectivity index (χ0) is 10.4. The molecule has 0 heterocycles. The highest BCUT2D eigenvalue weighted by Crippen LogP contribution is 2.22. The molecule has 0 saturated carbocycles. The Morgan fingerprint density at radius 2 is 2.08 bits per heavy atom. The van der Waals surface area contributed by atoms with E-state index in [9.17, 15) is 5.11 Å². The summed E-state index contributed by atoms with van der Waals surface area (Å²) in [6.07, 6.45) is 1.42. The SMILES string of the molecule is C=C/C([N-]CC)=C(/C)C(C)C(C)O. The van der Waals surface area contributed by atoms with E-state index in [0.717, 1.165) is 17.8 Å². The molecular formula is C11H20NO-. The van der Waals surface area contributed by atoms with Crippen molar-refractivity contribution in [3.63, 3.8) is 0 Å². The van der Waals surface area contributed by atoms with E-state index in [-0.39, 0.29) is 12.0 Å². The van der Waals surface area contributed by atoms with Crippen LogP contribution in [0.1, 0.15) is 27.7 Å². The quantitative estimate of drug-likeness (QED) is 0.652. The molecule has 0 amide bonds. The standard InChI is InChI=1S/C11H20NO/c1-6-11(12-7-2)9(4)8(3)10(5)13/h6,8,10,13H,1,7H2,2-5H3/q-1/b11-9+. The average molecular weight is 182 g/mol. The van der Waals surface area contributed by atoms with Crippen LogP contribution in [-0.2, 0) is 0 Å². The van der Waals surface area contributed by atoms with Gasteiger partial charge >= 0.3 is 0 Å². The average Bonchev–Trinajstić information content (AvgIpc) is 2.11. The smallest absolute Gasteiger partial charge is 0.0574 e. The predicted octanol–water partition coefficient (Wildman–Crippen LogP) is 2.86. The Labute approximate surface area is 81.4 Å². The molecule has 76 valence electrons. The van der Waals surface area contributed by atoms with Gasteiger partial charge in [0.05, 0.1) is 6.10 Å². The van der Waals surface area contributed by atoms with Gasteiger partial charge in [-0.1, -0.05) is 25.5 Å². The van der Waals surface area contributed by atoms with Crippen molar-refractivity contribution in [3.05, 3.63) is 29.2 Å². The van der Waals surface area contributed by atoms with Crippen molar-refractivity contribution in [2.45, 2.75) is 33.8 Å². The number of hydrogen-bond donors (Lipinski definition) is 1. The Kier molecular flexibility index (Phi) is 5.47. The van der Waals surface area contributed by atoms with Crippen LogP contribution >= 0.6 is 0 Å². The zero-order valence-electron chi connectivity index (χ0n) is 9.04. The van der Waals surface area contributed by atoms with E-state index in [0.29, 0.717) is 0 Å². The van der Waals surface area contributed by atoms with Crippen LogP contribution in [-0.4, -0.2) is 17.8 Å². The molecule has 13 heavy (non-hydrogen) atoms. The lowest BCUT2D eigenvalue weighted by Gasteiger charge is -2.27. The molecule has 2 heteroatoms. The van der Waals surface area contributed by atoms with Gasteiger partial charge in [-0.05, 0) is 13.8 Å². The molecule has 2 nitrogen and oxygen atoms in total. The number of nitrogens with zero attached hydrogens (tertiary/aromatic N) is 1. The van der Waals surface area contributed by atoms with Gasteiger partial charge in [0.2, 0.25) is 0 Å². The van der Waals surface area contributed by atoms with Crippen molar-refractivity contribution >= 4 is 0 Å². The van der Waals surface area contributed by atoms with E-state index in [4.69, 9.17) is 0 Å². The fourth-order valence-corrected chi connectivity index (χ4v) is 1.12. The molecule has 0 spiro atoms. The highest BCUT2D eigenvalue weighted by Gasteiger charge is 2.10. The molecule has 0 rings (SSSR count). The summed E-state index contributed by atoms with van der Waals surface area (Å²) in [7, 11) is 0. The Hall–Kier alpha value is -0.760. The van der Waals surface area contributed by atoms with E-state index in [1.54, 1.807) is 13.0 Å². The number of rotatable bonds is 5. The Balaban J connectivity index is 4.62. The molecule has 0 bridgehead atoms. The lowest BCUT2D eigenvalue weighted by molar-refractivity contribution is 0.152. The van der Waals surface area contributed by atoms with Gasteiger partial charge in [0.1, 0.15) is 0 Å². The number of allylic oxidation sites excluding steroid dienone is 1. The van der Waals surface area contributed by atoms with Crippen LogP contribution in [0, 0.1) is 5.92 Å². The Morgan fingerprint density at radius 1 is 1.54 bits per heavy atom. The third kappa shape index (κ3) is 3.64. The molecule has 1 N–H and O–H groups in total. The van der Waals surface area contributed by atoms with Crippen molar-refractivity contribution in [1.82, 2.24) is 0 Å². The van der Waals surface area contributed by atoms with Crippen molar-refractivity contribution in [2.75, 3.05) is 6.54 Å². The van der Waals surface area contributed by atoms with E-state index < -0.39 is 0 Å². The second kappa shape index (κ2) is 5.81. The van der Waals surface area contributed by atoms with Crippen LogP contribution in [0.25, 0.3) is 5.32 Å². The molecule has 0 radical (unpaired) electrons. The summed E-state index contributed by atoms with van der Waals surface area (Å²) in [6.45, 7) is 12.2. The minimum absolute atomic E-state index is 0.142. The van der Waals surface area contributed by atoms with Crippen LogP contribution in [0.5, 0.6) is 0 Å². The summed E-state index contributed by atoms with van der Waals surface area (Å²) in [6, 6.07) is 0. The van der Waals surface area contributed by atoms with Crippen molar-refractivity contribution in [1.29, 1.82) is 0 Å². The second-order valence-corrected chi connectivity index (χ2v) is 3.28. The molecular weight excluding hydrogens is 162 g/mol. The first-order valence-electron chi connectivity index (χ1n) is 4.73.